The first kappa shape index (κ1) is 20.2. The average Bonchev–Trinajstić information content (AvgIpc) is 3.22. The zero-order valence-electron chi connectivity index (χ0n) is 15.6. The van der Waals surface area contributed by atoms with Crippen molar-refractivity contribution in [3.05, 3.63) is 86.1 Å². The summed E-state index contributed by atoms with van der Waals surface area (Å²) in [4.78, 5) is 24.2. The number of anilines is 1. The van der Waals surface area contributed by atoms with Crippen molar-refractivity contribution in [1.29, 1.82) is 0 Å². The van der Waals surface area contributed by atoms with E-state index in [4.69, 9.17) is 0 Å². The molecule has 10 heteroatoms. The molecule has 0 saturated heterocycles. The molecule has 1 aliphatic heterocycles. The van der Waals surface area contributed by atoms with Crippen molar-refractivity contribution in [2.45, 2.75) is 17.9 Å². The van der Waals surface area contributed by atoms with Gasteiger partial charge in [-0.05, 0) is 47.7 Å². The smallest absolute Gasteiger partial charge is 0.271 e. The number of sulfonamides is 1. The summed E-state index contributed by atoms with van der Waals surface area (Å²) in [6.07, 6.45) is 0.666. The minimum absolute atomic E-state index is 0.0351. The number of benzene rings is 2. The van der Waals surface area contributed by atoms with E-state index in [0.29, 0.717) is 19.5 Å². The summed E-state index contributed by atoms with van der Waals surface area (Å²) in [7, 11) is -3.76. The van der Waals surface area contributed by atoms with Crippen LogP contribution >= 0.6 is 11.3 Å². The topological polar surface area (TPSA) is 110 Å². The molecule has 0 aliphatic carbocycles. The molecule has 4 rings (SSSR count). The van der Waals surface area contributed by atoms with Gasteiger partial charge in [0.15, 0.2) is 0 Å². The van der Waals surface area contributed by atoms with Gasteiger partial charge < -0.3 is 5.32 Å². The van der Waals surface area contributed by atoms with Crippen molar-refractivity contribution in [3.63, 3.8) is 0 Å². The SMILES string of the molecule is O=C(Nc1cccc([N+](=O)[O-])c1)c1cccc(S(=O)(=O)N2CCc3sccc3C2)c1. The minimum atomic E-state index is -3.76. The Bertz CT molecular complexity index is 1240. The van der Waals surface area contributed by atoms with E-state index in [9.17, 15) is 23.3 Å². The normalized spacial score (nSPS) is 14.1. The van der Waals surface area contributed by atoms with Gasteiger partial charge in [0.2, 0.25) is 10.0 Å². The van der Waals surface area contributed by atoms with Crippen LogP contribution < -0.4 is 5.32 Å². The Morgan fingerprint density at radius 1 is 1.13 bits per heavy atom. The standard InChI is InChI=1S/C20H17N3O5S2/c24-20(21-16-4-2-5-17(12-16)23(25)26)14-3-1-6-18(11-14)30(27,28)22-9-7-19-15(13-22)8-10-29-19/h1-6,8,10-12H,7,9,13H2,(H,21,24). The first-order valence-corrected chi connectivity index (χ1v) is 11.4. The Kier molecular flexibility index (Phi) is 5.37. The van der Waals surface area contributed by atoms with Crippen molar-refractivity contribution in [2.24, 2.45) is 0 Å². The number of amides is 1. The Labute approximate surface area is 177 Å². The molecule has 2 aromatic carbocycles. The summed E-state index contributed by atoms with van der Waals surface area (Å²) in [6.45, 7) is 0.700. The summed E-state index contributed by atoms with van der Waals surface area (Å²) in [5.41, 5.74) is 1.26. The molecule has 0 fully saturated rings. The average molecular weight is 444 g/mol. The van der Waals surface area contributed by atoms with Gasteiger partial charge in [0.25, 0.3) is 11.6 Å². The molecule has 0 bridgehead atoms. The summed E-state index contributed by atoms with van der Waals surface area (Å²) < 4.78 is 27.6. The predicted octanol–water partition coefficient (Wildman–Crippen LogP) is 3.66. The van der Waals surface area contributed by atoms with E-state index in [0.717, 1.165) is 5.56 Å². The number of carbonyl (C=O) groups excluding carboxylic acids is 1. The van der Waals surface area contributed by atoms with Crippen molar-refractivity contribution >= 4 is 38.6 Å². The van der Waals surface area contributed by atoms with Crippen LogP contribution in [0, 0.1) is 10.1 Å². The molecule has 0 saturated carbocycles. The number of fused-ring (bicyclic) bond motifs is 1. The first-order valence-electron chi connectivity index (χ1n) is 9.06. The minimum Gasteiger partial charge on any atom is -0.322 e. The Morgan fingerprint density at radius 2 is 1.93 bits per heavy atom. The molecule has 154 valence electrons. The molecule has 0 unspecified atom stereocenters. The number of rotatable bonds is 5. The number of nitrogens with one attached hydrogen (secondary N) is 1. The van der Waals surface area contributed by atoms with Crippen LogP contribution in [0.5, 0.6) is 0 Å². The van der Waals surface area contributed by atoms with E-state index in [1.807, 2.05) is 11.4 Å². The fourth-order valence-corrected chi connectivity index (χ4v) is 5.63. The number of thiophene rings is 1. The van der Waals surface area contributed by atoms with Gasteiger partial charge in [0.05, 0.1) is 9.82 Å². The summed E-state index contributed by atoms with van der Waals surface area (Å²) in [6, 6.07) is 13.3. The highest BCUT2D eigenvalue weighted by atomic mass is 32.2. The van der Waals surface area contributed by atoms with Gasteiger partial charge in [-0.25, -0.2) is 8.42 Å². The third-order valence-electron chi connectivity index (χ3n) is 4.82. The highest BCUT2D eigenvalue weighted by Gasteiger charge is 2.29. The van der Waals surface area contributed by atoms with Crippen LogP contribution in [0.25, 0.3) is 0 Å². The zero-order chi connectivity index (χ0) is 21.3. The number of nitrogens with zero attached hydrogens (tertiary/aromatic N) is 2. The van der Waals surface area contributed by atoms with E-state index in [-0.39, 0.29) is 21.8 Å². The van der Waals surface area contributed by atoms with Crippen LogP contribution in [0.1, 0.15) is 20.8 Å². The lowest BCUT2D eigenvalue weighted by Crippen LogP contribution is -2.35. The molecule has 30 heavy (non-hydrogen) atoms. The fraction of sp³-hybridized carbons (Fsp3) is 0.150. The molecular weight excluding hydrogens is 426 g/mol. The van der Waals surface area contributed by atoms with E-state index in [1.54, 1.807) is 11.3 Å². The second kappa shape index (κ2) is 7.98. The molecular formula is C20H17N3O5S2. The third kappa shape index (κ3) is 3.97. The predicted molar refractivity (Wildman–Crippen MR) is 113 cm³/mol. The van der Waals surface area contributed by atoms with Crippen LogP contribution in [0.2, 0.25) is 0 Å². The third-order valence-corrected chi connectivity index (χ3v) is 7.69. The maximum Gasteiger partial charge on any atom is 0.271 e. The van der Waals surface area contributed by atoms with E-state index >= 15 is 0 Å². The number of nitro groups is 1. The van der Waals surface area contributed by atoms with Crippen LogP contribution in [-0.2, 0) is 23.0 Å². The van der Waals surface area contributed by atoms with Gasteiger partial charge in [0, 0.05) is 41.4 Å². The van der Waals surface area contributed by atoms with Gasteiger partial charge in [-0.3, -0.25) is 14.9 Å². The van der Waals surface area contributed by atoms with E-state index in [2.05, 4.69) is 5.32 Å². The van der Waals surface area contributed by atoms with Crippen LogP contribution in [0.4, 0.5) is 11.4 Å². The molecule has 0 radical (unpaired) electrons. The number of nitro benzene ring substituents is 1. The second-order valence-corrected chi connectivity index (χ2v) is 9.69. The van der Waals surface area contributed by atoms with Crippen molar-refractivity contribution < 1.29 is 18.1 Å². The lowest BCUT2D eigenvalue weighted by Gasteiger charge is -2.26. The van der Waals surface area contributed by atoms with Crippen molar-refractivity contribution in [2.75, 3.05) is 11.9 Å². The molecule has 1 aliphatic rings. The van der Waals surface area contributed by atoms with Crippen LogP contribution in [0.15, 0.2) is 64.9 Å². The molecule has 1 amide bonds. The molecule has 2 heterocycles. The van der Waals surface area contributed by atoms with Gasteiger partial charge in [0.1, 0.15) is 0 Å². The maximum atomic E-state index is 13.1. The number of hydrogen-bond acceptors (Lipinski definition) is 6. The Hall–Kier alpha value is -3.08. The lowest BCUT2D eigenvalue weighted by molar-refractivity contribution is -0.384. The van der Waals surface area contributed by atoms with Crippen LogP contribution in [-0.4, -0.2) is 30.1 Å². The fourth-order valence-electron chi connectivity index (χ4n) is 3.28. The monoisotopic (exact) mass is 443 g/mol. The molecule has 8 nitrogen and oxygen atoms in total. The molecule has 0 atom stereocenters. The molecule has 3 aromatic rings. The number of carbonyl (C=O) groups is 1. The second-order valence-electron chi connectivity index (χ2n) is 6.75. The maximum absolute atomic E-state index is 13.1. The zero-order valence-corrected chi connectivity index (χ0v) is 17.3. The Balaban J connectivity index is 1.55. The van der Waals surface area contributed by atoms with Gasteiger partial charge in [-0.1, -0.05) is 12.1 Å². The van der Waals surface area contributed by atoms with Crippen LogP contribution in [0.3, 0.4) is 0 Å². The lowest BCUT2D eigenvalue weighted by atomic mass is 10.1. The molecule has 0 spiro atoms. The number of hydrogen-bond donors (Lipinski definition) is 1. The summed E-state index contributed by atoms with van der Waals surface area (Å²) >= 11 is 1.63. The molecule has 1 N–H and O–H groups in total. The van der Waals surface area contributed by atoms with E-state index < -0.39 is 20.9 Å². The quantitative estimate of drug-likeness (QED) is 0.478. The Morgan fingerprint density at radius 3 is 2.73 bits per heavy atom. The van der Waals surface area contributed by atoms with Gasteiger partial charge >= 0.3 is 0 Å². The van der Waals surface area contributed by atoms with Crippen molar-refractivity contribution in [1.82, 2.24) is 4.31 Å². The van der Waals surface area contributed by atoms with Gasteiger partial charge in [-0.15, -0.1) is 11.3 Å². The highest BCUT2D eigenvalue weighted by molar-refractivity contribution is 7.89. The highest BCUT2D eigenvalue weighted by Crippen LogP contribution is 2.28. The summed E-state index contributed by atoms with van der Waals surface area (Å²) in [5, 5.41) is 15.4. The van der Waals surface area contributed by atoms with E-state index in [1.165, 1.54) is 57.7 Å². The van der Waals surface area contributed by atoms with Gasteiger partial charge in [-0.2, -0.15) is 4.31 Å². The largest absolute Gasteiger partial charge is 0.322 e. The number of non-ortho nitro benzene ring substituents is 1. The van der Waals surface area contributed by atoms with Crippen molar-refractivity contribution in [3.8, 4) is 0 Å². The first-order chi connectivity index (χ1) is 14.3. The summed E-state index contributed by atoms with van der Waals surface area (Å²) in [5.74, 6) is -0.550. The molecule has 1 aromatic heterocycles.